The Kier molecular flexibility index (Phi) is 7.21. The summed E-state index contributed by atoms with van der Waals surface area (Å²) < 4.78 is 36.1. The van der Waals surface area contributed by atoms with Crippen LogP contribution >= 0.6 is 0 Å². The van der Waals surface area contributed by atoms with E-state index in [1.165, 1.54) is 0 Å². The van der Waals surface area contributed by atoms with Gasteiger partial charge in [-0.15, -0.1) is 0 Å². The molecule has 0 unspecified atom stereocenters. The van der Waals surface area contributed by atoms with E-state index < -0.39 is 12.6 Å². The highest BCUT2D eigenvalue weighted by Gasteiger charge is 2.25. The Morgan fingerprint density at radius 3 is 2.23 bits per heavy atom. The highest BCUT2D eigenvalue weighted by molar-refractivity contribution is 5.93. The van der Waals surface area contributed by atoms with Crippen molar-refractivity contribution in [2.24, 2.45) is 10.7 Å². The molecule has 0 aliphatic carbocycles. The summed E-state index contributed by atoms with van der Waals surface area (Å²) in [5.74, 6) is 0.252. The third kappa shape index (κ3) is 6.37. The minimum absolute atomic E-state index is 0.0754. The van der Waals surface area contributed by atoms with Crippen LogP contribution < -0.4 is 11.1 Å². The molecular formula is C16H24F3N3. The van der Waals surface area contributed by atoms with Crippen LogP contribution in [-0.2, 0) is 12.8 Å². The van der Waals surface area contributed by atoms with Gasteiger partial charge >= 0.3 is 6.18 Å². The summed E-state index contributed by atoms with van der Waals surface area (Å²) in [7, 11) is 0. The lowest BCUT2D eigenvalue weighted by Crippen LogP contribution is -2.24. The molecule has 1 rings (SSSR count). The van der Waals surface area contributed by atoms with Gasteiger partial charge in [-0.3, -0.25) is 4.99 Å². The lowest BCUT2D eigenvalue weighted by molar-refractivity contribution is -0.135. The number of halogens is 3. The number of hydrogen-bond acceptors (Lipinski definition) is 1. The quantitative estimate of drug-likeness (QED) is 0.448. The number of unbranched alkanes of at least 4 members (excludes halogenated alkanes) is 1. The van der Waals surface area contributed by atoms with E-state index in [4.69, 9.17) is 5.73 Å². The number of benzene rings is 1. The monoisotopic (exact) mass is 315 g/mol. The number of nitrogens with one attached hydrogen (secondary N) is 1. The molecule has 3 nitrogen and oxygen atoms in total. The third-order valence-electron chi connectivity index (χ3n) is 3.40. The van der Waals surface area contributed by atoms with Crippen molar-refractivity contribution in [3.8, 4) is 0 Å². The lowest BCUT2D eigenvalue weighted by atomic mass is 10.0. The van der Waals surface area contributed by atoms with Gasteiger partial charge in [0.25, 0.3) is 0 Å². The van der Waals surface area contributed by atoms with E-state index in [9.17, 15) is 13.2 Å². The molecule has 0 heterocycles. The Bertz CT molecular complexity index is 474. The number of anilines is 1. The summed E-state index contributed by atoms with van der Waals surface area (Å²) in [4.78, 5) is 4.11. The van der Waals surface area contributed by atoms with Crippen molar-refractivity contribution in [3.05, 3.63) is 29.3 Å². The van der Waals surface area contributed by atoms with Crippen molar-refractivity contribution in [3.63, 3.8) is 0 Å². The Labute approximate surface area is 129 Å². The maximum atomic E-state index is 12.0. The second kappa shape index (κ2) is 8.66. The second-order valence-corrected chi connectivity index (χ2v) is 5.12. The summed E-state index contributed by atoms with van der Waals surface area (Å²) in [6.07, 6.45) is -2.67. The van der Waals surface area contributed by atoms with Crippen molar-refractivity contribution in [2.45, 2.75) is 52.1 Å². The molecule has 0 saturated heterocycles. The molecule has 0 bridgehead atoms. The van der Waals surface area contributed by atoms with Gasteiger partial charge in [0, 0.05) is 18.7 Å². The van der Waals surface area contributed by atoms with E-state index in [0.717, 1.165) is 29.7 Å². The van der Waals surface area contributed by atoms with Gasteiger partial charge in [0.2, 0.25) is 0 Å². The number of guanidine groups is 1. The molecule has 0 aliphatic rings. The van der Waals surface area contributed by atoms with Crippen LogP contribution in [0.1, 0.15) is 44.2 Å². The van der Waals surface area contributed by atoms with Crippen molar-refractivity contribution in [1.29, 1.82) is 0 Å². The molecule has 1 aromatic rings. The molecule has 0 aromatic heterocycles. The fourth-order valence-corrected chi connectivity index (χ4v) is 2.21. The van der Waals surface area contributed by atoms with Crippen LogP contribution in [-0.4, -0.2) is 18.7 Å². The Balaban J connectivity index is 2.57. The van der Waals surface area contributed by atoms with Gasteiger partial charge in [-0.25, -0.2) is 0 Å². The summed E-state index contributed by atoms with van der Waals surface area (Å²) in [6.45, 7) is 4.42. The Hall–Kier alpha value is -1.72. The van der Waals surface area contributed by atoms with Crippen LogP contribution in [0.5, 0.6) is 0 Å². The molecule has 0 saturated carbocycles. The lowest BCUT2D eigenvalue weighted by Gasteiger charge is -2.14. The minimum atomic E-state index is -4.09. The number of hydrogen-bond donors (Lipinski definition) is 2. The van der Waals surface area contributed by atoms with Gasteiger partial charge in [-0.2, -0.15) is 13.2 Å². The highest BCUT2D eigenvalue weighted by atomic mass is 19.4. The Morgan fingerprint density at radius 1 is 1.14 bits per heavy atom. The summed E-state index contributed by atoms with van der Waals surface area (Å²) in [5.41, 5.74) is 9.10. The predicted octanol–water partition coefficient (Wildman–Crippen LogP) is 4.27. The van der Waals surface area contributed by atoms with Crippen LogP contribution in [0.3, 0.4) is 0 Å². The molecule has 124 valence electrons. The van der Waals surface area contributed by atoms with E-state index in [1.807, 2.05) is 18.2 Å². The maximum Gasteiger partial charge on any atom is 0.389 e. The number of aryl methyl sites for hydroxylation is 2. The van der Waals surface area contributed by atoms with Crippen molar-refractivity contribution in [1.82, 2.24) is 0 Å². The fraction of sp³-hybridized carbons (Fsp3) is 0.562. The topological polar surface area (TPSA) is 50.4 Å². The average Bonchev–Trinajstić information content (AvgIpc) is 2.45. The molecule has 6 heteroatoms. The molecule has 0 spiro atoms. The molecule has 0 fully saturated rings. The minimum Gasteiger partial charge on any atom is -0.370 e. The van der Waals surface area contributed by atoms with Gasteiger partial charge in [-0.1, -0.05) is 32.0 Å². The molecule has 22 heavy (non-hydrogen) atoms. The average molecular weight is 315 g/mol. The number of alkyl halides is 3. The first kappa shape index (κ1) is 18.3. The number of nitrogens with two attached hydrogens (primary N) is 1. The molecule has 1 aromatic carbocycles. The van der Waals surface area contributed by atoms with Gasteiger partial charge < -0.3 is 11.1 Å². The molecule has 0 atom stereocenters. The Morgan fingerprint density at radius 2 is 1.73 bits per heavy atom. The number of para-hydroxylation sites is 1. The number of nitrogens with zero attached hydrogens (tertiary/aromatic N) is 1. The van der Waals surface area contributed by atoms with E-state index in [-0.39, 0.29) is 12.4 Å². The van der Waals surface area contributed by atoms with Crippen LogP contribution in [0.2, 0.25) is 0 Å². The number of aliphatic imine (C=N–C) groups is 1. The second-order valence-electron chi connectivity index (χ2n) is 5.12. The fourth-order valence-electron chi connectivity index (χ4n) is 2.21. The number of rotatable bonds is 7. The standard InChI is InChI=1S/C16H24F3N3/c1-3-12-8-7-9-13(4-2)14(12)22-15(20)21-11-6-5-10-16(17,18)19/h7-9H,3-6,10-11H2,1-2H3,(H3,20,21,22). The van der Waals surface area contributed by atoms with Gasteiger partial charge in [0.1, 0.15) is 0 Å². The van der Waals surface area contributed by atoms with E-state index in [0.29, 0.717) is 13.0 Å². The van der Waals surface area contributed by atoms with E-state index in [2.05, 4.69) is 24.2 Å². The van der Waals surface area contributed by atoms with Crippen LogP contribution in [0.4, 0.5) is 18.9 Å². The molecule has 0 amide bonds. The van der Waals surface area contributed by atoms with Gasteiger partial charge in [0.15, 0.2) is 5.96 Å². The first-order chi connectivity index (χ1) is 10.4. The highest BCUT2D eigenvalue weighted by Crippen LogP contribution is 2.23. The first-order valence-electron chi connectivity index (χ1n) is 7.61. The summed E-state index contributed by atoms with van der Waals surface area (Å²) in [5, 5.41) is 3.09. The largest absolute Gasteiger partial charge is 0.389 e. The summed E-state index contributed by atoms with van der Waals surface area (Å²) >= 11 is 0. The molecule has 0 aliphatic heterocycles. The van der Waals surface area contributed by atoms with E-state index in [1.54, 1.807) is 0 Å². The third-order valence-corrected chi connectivity index (χ3v) is 3.40. The zero-order valence-electron chi connectivity index (χ0n) is 13.1. The van der Waals surface area contributed by atoms with Crippen molar-refractivity contribution in [2.75, 3.05) is 11.9 Å². The van der Waals surface area contributed by atoms with Gasteiger partial charge in [-0.05, 0) is 36.8 Å². The molecular weight excluding hydrogens is 291 g/mol. The normalized spacial score (nSPS) is 12.5. The SMILES string of the molecule is CCc1cccc(CC)c1NC(N)=NCCCCC(F)(F)F. The van der Waals surface area contributed by atoms with Crippen molar-refractivity contribution < 1.29 is 13.2 Å². The van der Waals surface area contributed by atoms with Crippen LogP contribution in [0.15, 0.2) is 23.2 Å². The van der Waals surface area contributed by atoms with Crippen molar-refractivity contribution >= 4 is 11.6 Å². The van der Waals surface area contributed by atoms with Crippen LogP contribution in [0.25, 0.3) is 0 Å². The predicted molar refractivity (Wildman–Crippen MR) is 85.2 cm³/mol. The zero-order valence-corrected chi connectivity index (χ0v) is 13.1. The van der Waals surface area contributed by atoms with Gasteiger partial charge in [0.05, 0.1) is 0 Å². The zero-order chi connectivity index (χ0) is 16.6. The smallest absolute Gasteiger partial charge is 0.370 e. The van der Waals surface area contributed by atoms with E-state index >= 15 is 0 Å². The summed E-state index contributed by atoms with van der Waals surface area (Å²) in [6, 6.07) is 6.06. The molecule has 0 radical (unpaired) electrons. The first-order valence-corrected chi connectivity index (χ1v) is 7.61. The molecule has 3 N–H and O–H groups in total. The maximum absolute atomic E-state index is 12.0. The van der Waals surface area contributed by atoms with Crippen LogP contribution in [0, 0.1) is 0 Å².